The van der Waals surface area contributed by atoms with E-state index in [0.29, 0.717) is 5.92 Å². The SMILES string of the molecule is CCn1cc(C(C)CC(C)Cl)cn1. The van der Waals surface area contributed by atoms with Crippen LogP contribution < -0.4 is 0 Å². The number of aromatic nitrogens is 2. The van der Waals surface area contributed by atoms with Crippen LogP contribution in [0, 0.1) is 0 Å². The number of alkyl halides is 1. The molecule has 2 unspecified atom stereocenters. The summed E-state index contributed by atoms with van der Waals surface area (Å²) in [5.74, 6) is 0.507. The van der Waals surface area contributed by atoms with Gasteiger partial charge in [-0.1, -0.05) is 6.92 Å². The largest absolute Gasteiger partial charge is 0.273 e. The fraction of sp³-hybridized carbons (Fsp3) is 0.700. The molecule has 0 bridgehead atoms. The lowest BCUT2D eigenvalue weighted by atomic mass is 10.00. The summed E-state index contributed by atoms with van der Waals surface area (Å²) in [5.41, 5.74) is 1.29. The molecule has 74 valence electrons. The van der Waals surface area contributed by atoms with E-state index in [1.165, 1.54) is 5.56 Å². The van der Waals surface area contributed by atoms with Crippen molar-refractivity contribution in [2.24, 2.45) is 0 Å². The van der Waals surface area contributed by atoms with Crippen LogP contribution in [-0.2, 0) is 6.54 Å². The minimum absolute atomic E-state index is 0.236. The molecule has 0 fully saturated rings. The van der Waals surface area contributed by atoms with Gasteiger partial charge in [-0.25, -0.2) is 0 Å². The highest BCUT2D eigenvalue weighted by Gasteiger charge is 2.10. The molecule has 2 atom stereocenters. The van der Waals surface area contributed by atoms with Crippen molar-refractivity contribution in [2.75, 3.05) is 0 Å². The Labute approximate surface area is 84.9 Å². The predicted molar refractivity (Wildman–Crippen MR) is 56.2 cm³/mol. The average molecular weight is 201 g/mol. The second-order valence-corrected chi connectivity index (χ2v) is 4.29. The third-order valence-corrected chi connectivity index (χ3v) is 2.40. The third kappa shape index (κ3) is 3.03. The van der Waals surface area contributed by atoms with Crippen LogP contribution in [0.2, 0.25) is 0 Å². The van der Waals surface area contributed by atoms with Crippen molar-refractivity contribution in [1.82, 2.24) is 9.78 Å². The smallest absolute Gasteiger partial charge is 0.0524 e. The Kier molecular flexibility index (Phi) is 3.79. The maximum absolute atomic E-state index is 5.94. The zero-order valence-corrected chi connectivity index (χ0v) is 9.25. The highest BCUT2D eigenvalue weighted by atomic mass is 35.5. The van der Waals surface area contributed by atoms with Crippen molar-refractivity contribution < 1.29 is 0 Å². The van der Waals surface area contributed by atoms with Gasteiger partial charge in [0.25, 0.3) is 0 Å². The van der Waals surface area contributed by atoms with Crippen LogP contribution in [0.5, 0.6) is 0 Å². The molecule has 1 aromatic heterocycles. The zero-order valence-electron chi connectivity index (χ0n) is 8.50. The van der Waals surface area contributed by atoms with Gasteiger partial charge >= 0.3 is 0 Å². The summed E-state index contributed by atoms with van der Waals surface area (Å²) >= 11 is 5.94. The average Bonchev–Trinajstić information content (AvgIpc) is 2.50. The van der Waals surface area contributed by atoms with Crippen LogP contribution in [-0.4, -0.2) is 15.2 Å². The van der Waals surface area contributed by atoms with Crippen molar-refractivity contribution in [1.29, 1.82) is 0 Å². The van der Waals surface area contributed by atoms with Gasteiger partial charge in [0.15, 0.2) is 0 Å². The number of hydrogen-bond acceptors (Lipinski definition) is 1. The molecular weight excluding hydrogens is 184 g/mol. The van der Waals surface area contributed by atoms with Crippen LogP contribution >= 0.6 is 11.6 Å². The standard InChI is InChI=1S/C10H17ClN2/c1-4-13-7-10(6-12-13)8(2)5-9(3)11/h6-9H,4-5H2,1-3H3. The molecular formula is C10H17ClN2. The number of hydrogen-bond donors (Lipinski definition) is 0. The molecule has 0 aliphatic rings. The number of rotatable bonds is 4. The Balaban J connectivity index is 2.60. The third-order valence-electron chi connectivity index (χ3n) is 2.22. The number of aryl methyl sites for hydroxylation is 1. The molecule has 13 heavy (non-hydrogen) atoms. The molecule has 2 nitrogen and oxygen atoms in total. The fourth-order valence-electron chi connectivity index (χ4n) is 1.43. The summed E-state index contributed by atoms with van der Waals surface area (Å²) in [6.07, 6.45) is 5.05. The number of halogens is 1. The highest BCUT2D eigenvalue weighted by Crippen LogP contribution is 2.21. The van der Waals surface area contributed by atoms with E-state index in [2.05, 4.69) is 25.1 Å². The van der Waals surface area contributed by atoms with Crippen molar-refractivity contribution in [3.63, 3.8) is 0 Å². The molecule has 3 heteroatoms. The van der Waals surface area contributed by atoms with E-state index in [0.717, 1.165) is 13.0 Å². The second-order valence-electron chi connectivity index (χ2n) is 3.55. The van der Waals surface area contributed by atoms with E-state index in [4.69, 9.17) is 11.6 Å². The molecule has 0 amide bonds. The van der Waals surface area contributed by atoms with E-state index in [1.807, 2.05) is 17.8 Å². The molecule has 1 heterocycles. The van der Waals surface area contributed by atoms with E-state index in [1.54, 1.807) is 0 Å². The van der Waals surface area contributed by atoms with Gasteiger partial charge in [-0.05, 0) is 31.7 Å². The summed E-state index contributed by atoms with van der Waals surface area (Å²) in [4.78, 5) is 0. The predicted octanol–water partition coefficient (Wildman–Crippen LogP) is 3.02. The van der Waals surface area contributed by atoms with Crippen LogP contribution in [0.3, 0.4) is 0 Å². The molecule has 0 saturated carbocycles. The molecule has 0 radical (unpaired) electrons. The van der Waals surface area contributed by atoms with Crippen molar-refractivity contribution in [3.8, 4) is 0 Å². The molecule has 1 rings (SSSR count). The van der Waals surface area contributed by atoms with Gasteiger partial charge in [0.05, 0.1) is 6.20 Å². The maximum Gasteiger partial charge on any atom is 0.0524 e. The van der Waals surface area contributed by atoms with Gasteiger partial charge < -0.3 is 0 Å². The normalized spacial score (nSPS) is 15.7. The van der Waals surface area contributed by atoms with E-state index >= 15 is 0 Å². The topological polar surface area (TPSA) is 17.8 Å². The molecule has 0 N–H and O–H groups in total. The van der Waals surface area contributed by atoms with Gasteiger partial charge in [0.2, 0.25) is 0 Å². The Morgan fingerprint density at radius 3 is 2.69 bits per heavy atom. The van der Waals surface area contributed by atoms with Gasteiger partial charge in [-0.2, -0.15) is 5.10 Å². The first-order valence-corrected chi connectivity index (χ1v) is 5.23. The first-order chi connectivity index (χ1) is 6.13. The lowest BCUT2D eigenvalue weighted by Gasteiger charge is -2.09. The van der Waals surface area contributed by atoms with Gasteiger partial charge in [0.1, 0.15) is 0 Å². The second kappa shape index (κ2) is 4.66. The zero-order chi connectivity index (χ0) is 9.84. The molecule has 0 aliphatic carbocycles. The van der Waals surface area contributed by atoms with Crippen molar-refractivity contribution >= 4 is 11.6 Å². The van der Waals surface area contributed by atoms with Crippen molar-refractivity contribution in [3.05, 3.63) is 18.0 Å². The van der Waals surface area contributed by atoms with E-state index in [9.17, 15) is 0 Å². The lowest BCUT2D eigenvalue weighted by molar-refractivity contribution is 0.649. The van der Waals surface area contributed by atoms with Crippen LogP contribution in [0.1, 0.15) is 38.7 Å². The lowest BCUT2D eigenvalue weighted by Crippen LogP contribution is -2.00. The Bertz CT molecular complexity index is 255. The molecule has 0 aliphatic heterocycles. The summed E-state index contributed by atoms with van der Waals surface area (Å²) in [6.45, 7) is 7.24. The molecule has 0 aromatic carbocycles. The van der Waals surface area contributed by atoms with Gasteiger partial charge in [-0.3, -0.25) is 4.68 Å². The molecule has 1 aromatic rings. The summed E-state index contributed by atoms with van der Waals surface area (Å²) in [5, 5.41) is 4.47. The molecule has 0 spiro atoms. The van der Waals surface area contributed by atoms with E-state index in [-0.39, 0.29) is 5.38 Å². The number of nitrogens with zero attached hydrogens (tertiary/aromatic N) is 2. The van der Waals surface area contributed by atoms with Crippen LogP contribution in [0.15, 0.2) is 12.4 Å². The minimum atomic E-state index is 0.236. The maximum atomic E-state index is 5.94. The van der Waals surface area contributed by atoms with Crippen LogP contribution in [0.4, 0.5) is 0 Å². The van der Waals surface area contributed by atoms with Crippen LogP contribution in [0.25, 0.3) is 0 Å². The van der Waals surface area contributed by atoms with E-state index < -0.39 is 0 Å². The summed E-state index contributed by atoms with van der Waals surface area (Å²) in [6, 6.07) is 0. The Morgan fingerprint density at radius 1 is 1.54 bits per heavy atom. The Morgan fingerprint density at radius 2 is 2.23 bits per heavy atom. The molecule has 0 saturated heterocycles. The quantitative estimate of drug-likeness (QED) is 0.684. The summed E-state index contributed by atoms with van der Waals surface area (Å²) in [7, 11) is 0. The monoisotopic (exact) mass is 200 g/mol. The first-order valence-electron chi connectivity index (χ1n) is 4.80. The van der Waals surface area contributed by atoms with Crippen molar-refractivity contribution in [2.45, 2.75) is 45.0 Å². The van der Waals surface area contributed by atoms with Gasteiger partial charge in [0, 0.05) is 18.1 Å². The highest BCUT2D eigenvalue weighted by molar-refractivity contribution is 6.20. The fourth-order valence-corrected chi connectivity index (χ4v) is 1.70. The summed E-state index contributed by atoms with van der Waals surface area (Å²) < 4.78 is 1.95. The van der Waals surface area contributed by atoms with Gasteiger partial charge in [-0.15, -0.1) is 11.6 Å². The minimum Gasteiger partial charge on any atom is -0.273 e. The first kappa shape index (κ1) is 10.6. The Hall–Kier alpha value is -0.500.